The molecule has 1 amide bonds. The third-order valence-electron chi connectivity index (χ3n) is 2.04. The second-order valence-corrected chi connectivity index (χ2v) is 2.52. The van der Waals surface area contributed by atoms with E-state index in [9.17, 15) is 9.59 Å². The summed E-state index contributed by atoms with van der Waals surface area (Å²) >= 11 is 0. The van der Waals surface area contributed by atoms with E-state index in [2.05, 4.69) is 0 Å². The van der Waals surface area contributed by atoms with Crippen LogP contribution in [0.1, 0.15) is 12.8 Å². The molecule has 0 aromatic heterocycles. The molecule has 2 aliphatic heterocycles. The Morgan fingerprint density at radius 3 is 2.67 bits per heavy atom. The smallest absolute Gasteiger partial charge is 0.225 e. The summed E-state index contributed by atoms with van der Waals surface area (Å²) in [6.07, 6.45) is 1.05. The van der Waals surface area contributed by atoms with Crippen molar-refractivity contribution >= 4 is 11.7 Å². The first kappa shape index (κ1) is 4.97. The van der Waals surface area contributed by atoms with Gasteiger partial charge in [-0.2, -0.15) is 0 Å². The van der Waals surface area contributed by atoms with Crippen LogP contribution in [0.2, 0.25) is 0 Å². The monoisotopic (exact) mass is 125 g/mol. The van der Waals surface area contributed by atoms with E-state index in [0.717, 1.165) is 0 Å². The fourth-order valence-electron chi connectivity index (χ4n) is 1.42. The molecule has 0 saturated carbocycles. The summed E-state index contributed by atoms with van der Waals surface area (Å²) in [5, 5.41) is 0. The number of carbonyl (C=O) groups excluding carboxylic acids is 2. The normalized spacial score (nSPS) is 32.4. The van der Waals surface area contributed by atoms with E-state index in [-0.39, 0.29) is 17.7 Å². The lowest BCUT2D eigenvalue weighted by molar-refractivity contribution is -0.146. The zero-order chi connectivity index (χ0) is 6.43. The molecular formula is C6H7NO2. The van der Waals surface area contributed by atoms with Crippen LogP contribution in [-0.4, -0.2) is 29.2 Å². The molecule has 0 unspecified atom stereocenters. The van der Waals surface area contributed by atoms with Crippen LogP contribution >= 0.6 is 0 Å². The number of nitrogens with zero attached hydrogens (tertiary/aromatic N) is 1. The minimum Gasteiger partial charge on any atom is -0.332 e. The number of β-lactam (4-membered cyclic amide) rings is 1. The zero-order valence-electron chi connectivity index (χ0n) is 4.96. The number of carbonyl (C=O) groups is 2. The Kier molecular flexibility index (Phi) is 0.743. The number of ketones is 1. The van der Waals surface area contributed by atoms with Crippen molar-refractivity contribution in [3.05, 3.63) is 0 Å². The summed E-state index contributed by atoms with van der Waals surface area (Å²) in [5.74, 6) is 0.389. The maximum Gasteiger partial charge on any atom is 0.225 e. The summed E-state index contributed by atoms with van der Waals surface area (Å²) in [6, 6.07) is -0.0162. The lowest BCUT2D eigenvalue weighted by Gasteiger charge is -2.32. The van der Waals surface area contributed by atoms with Crippen molar-refractivity contribution in [2.45, 2.75) is 18.9 Å². The van der Waals surface area contributed by atoms with E-state index in [1.807, 2.05) is 0 Å². The summed E-state index contributed by atoms with van der Waals surface area (Å²) in [6.45, 7) is 0.669. The average molecular weight is 125 g/mol. The van der Waals surface area contributed by atoms with Crippen LogP contribution < -0.4 is 0 Å². The van der Waals surface area contributed by atoms with Crippen molar-refractivity contribution in [1.29, 1.82) is 0 Å². The number of hydrogen-bond donors (Lipinski definition) is 0. The molecule has 0 bridgehead atoms. The van der Waals surface area contributed by atoms with Gasteiger partial charge in [-0.15, -0.1) is 0 Å². The van der Waals surface area contributed by atoms with Crippen LogP contribution in [0.15, 0.2) is 0 Å². The van der Waals surface area contributed by atoms with Gasteiger partial charge in [0.2, 0.25) is 5.91 Å². The Bertz CT molecular complexity index is 187. The van der Waals surface area contributed by atoms with Gasteiger partial charge in [0.1, 0.15) is 0 Å². The van der Waals surface area contributed by atoms with E-state index < -0.39 is 0 Å². The average Bonchev–Trinajstić information content (AvgIpc) is 2.07. The Balaban J connectivity index is 2.20. The summed E-state index contributed by atoms with van der Waals surface area (Å²) < 4.78 is 0. The van der Waals surface area contributed by atoms with Crippen LogP contribution in [0.3, 0.4) is 0 Å². The first-order chi connectivity index (χ1) is 4.29. The molecule has 0 aromatic rings. The first-order valence-corrected chi connectivity index (χ1v) is 3.11. The van der Waals surface area contributed by atoms with Gasteiger partial charge in [-0.1, -0.05) is 0 Å². The van der Waals surface area contributed by atoms with Gasteiger partial charge in [0, 0.05) is 13.0 Å². The predicted octanol–water partition coefficient (Wildman–Crippen LogP) is -0.440. The molecule has 3 heteroatoms. The Morgan fingerprint density at radius 1 is 1.44 bits per heavy atom. The molecule has 0 aliphatic carbocycles. The second-order valence-electron chi connectivity index (χ2n) is 2.52. The maximum atomic E-state index is 10.8. The van der Waals surface area contributed by atoms with Gasteiger partial charge in [0.25, 0.3) is 0 Å². The van der Waals surface area contributed by atoms with E-state index in [4.69, 9.17) is 0 Å². The highest BCUT2D eigenvalue weighted by Gasteiger charge is 2.44. The van der Waals surface area contributed by atoms with Gasteiger partial charge in [0.15, 0.2) is 5.78 Å². The molecule has 2 aliphatic rings. The molecule has 2 saturated heterocycles. The van der Waals surface area contributed by atoms with Crippen LogP contribution in [0.5, 0.6) is 0 Å². The molecular weight excluding hydrogens is 118 g/mol. The largest absolute Gasteiger partial charge is 0.332 e. The van der Waals surface area contributed by atoms with Gasteiger partial charge >= 0.3 is 0 Å². The van der Waals surface area contributed by atoms with Gasteiger partial charge in [-0.05, 0) is 0 Å². The molecule has 9 heavy (non-hydrogen) atoms. The Labute approximate surface area is 52.6 Å². The van der Waals surface area contributed by atoms with E-state index in [1.54, 1.807) is 4.90 Å². The fourth-order valence-corrected chi connectivity index (χ4v) is 1.42. The van der Waals surface area contributed by atoms with Gasteiger partial charge < -0.3 is 4.90 Å². The fraction of sp³-hybridized carbons (Fsp3) is 0.667. The molecule has 1 atom stereocenters. The van der Waals surface area contributed by atoms with Crippen LogP contribution in [-0.2, 0) is 9.59 Å². The van der Waals surface area contributed by atoms with Gasteiger partial charge in [0.05, 0.1) is 12.5 Å². The lowest BCUT2D eigenvalue weighted by Crippen LogP contribution is -2.50. The SMILES string of the molecule is O=C1CCN2C(=O)C[C@@H]12. The second kappa shape index (κ2) is 1.35. The Hall–Kier alpha value is -0.860. The highest BCUT2D eigenvalue weighted by atomic mass is 16.2. The minimum absolute atomic E-state index is 0.0162. The Morgan fingerprint density at radius 2 is 2.22 bits per heavy atom. The third-order valence-corrected chi connectivity index (χ3v) is 2.04. The third kappa shape index (κ3) is 0.465. The van der Waals surface area contributed by atoms with Crippen LogP contribution in [0.4, 0.5) is 0 Å². The molecule has 2 heterocycles. The first-order valence-electron chi connectivity index (χ1n) is 3.11. The van der Waals surface area contributed by atoms with Crippen molar-refractivity contribution in [3.63, 3.8) is 0 Å². The molecule has 0 spiro atoms. The van der Waals surface area contributed by atoms with Crippen molar-refractivity contribution in [2.24, 2.45) is 0 Å². The van der Waals surface area contributed by atoms with Crippen molar-refractivity contribution in [1.82, 2.24) is 4.90 Å². The minimum atomic E-state index is -0.0162. The van der Waals surface area contributed by atoms with Crippen molar-refractivity contribution in [2.75, 3.05) is 6.54 Å². The van der Waals surface area contributed by atoms with Gasteiger partial charge in [-0.3, -0.25) is 9.59 Å². The van der Waals surface area contributed by atoms with E-state index in [1.165, 1.54) is 0 Å². The standard InChI is InChI=1S/C6H7NO2/c8-5-1-2-7-4(5)3-6(7)9/h4H,1-3H2/t4-/m0/s1. The number of rotatable bonds is 0. The highest BCUT2D eigenvalue weighted by Crippen LogP contribution is 2.26. The maximum absolute atomic E-state index is 10.8. The molecule has 3 nitrogen and oxygen atoms in total. The number of hydrogen-bond acceptors (Lipinski definition) is 2. The number of Topliss-reactive ketones (excluding diaryl/α,β-unsaturated/α-hetero) is 1. The summed E-state index contributed by atoms with van der Waals surface area (Å²) in [7, 11) is 0. The molecule has 48 valence electrons. The van der Waals surface area contributed by atoms with Crippen LogP contribution in [0.25, 0.3) is 0 Å². The highest BCUT2D eigenvalue weighted by molar-refractivity contribution is 6.01. The number of fused-ring (bicyclic) bond motifs is 1. The molecule has 2 fully saturated rings. The van der Waals surface area contributed by atoms with E-state index in [0.29, 0.717) is 19.4 Å². The topological polar surface area (TPSA) is 37.4 Å². The molecule has 2 rings (SSSR count). The van der Waals surface area contributed by atoms with Crippen LogP contribution in [0, 0.1) is 0 Å². The number of amides is 1. The van der Waals surface area contributed by atoms with E-state index >= 15 is 0 Å². The molecule has 0 radical (unpaired) electrons. The quantitative estimate of drug-likeness (QED) is 0.411. The zero-order valence-corrected chi connectivity index (χ0v) is 4.96. The van der Waals surface area contributed by atoms with Crippen molar-refractivity contribution < 1.29 is 9.59 Å². The van der Waals surface area contributed by atoms with Crippen molar-refractivity contribution in [3.8, 4) is 0 Å². The molecule has 0 N–H and O–H groups in total. The lowest BCUT2D eigenvalue weighted by atomic mass is 10.0. The summed E-state index contributed by atoms with van der Waals surface area (Å²) in [5.41, 5.74) is 0. The van der Waals surface area contributed by atoms with Gasteiger partial charge in [-0.25, -0.2) is 0 Å². The summed E-state index contributed by atoms with van der Waals surface area (Å²) in [4.78, 5) is 23.1. The predicted molar refractivity (Wildman–Crippen MR) is 29.7 cm³/mol. The molecule has 0 aromatic carbocycles.